The van der Waals surface area contributed by atoms with Gasteiger partial charge in [-0.1, -0.05) is 17.7 Å². The lowest BCUT2D eigenvalue weighted by atomic mass is 10.1. The summed E-state index contributed by atoms with van der Waals surface area (Å²) in [4.78, 5) is 26.0. The number of halogens is 1. The third-order valence-electron chi connectivity index (χ3n) is 4.46. The van der Waals surface area contributed by atoms with Gasteiger partial charge >= 0.3 is 0 Å². The van der Waals surface area contributed by atoms with Crippen LogP contribution in [0.25, 0.3) is 0 Å². The summed E-state index contributed by atoms with van der Waals surface area (Å²) in [5.41, 5.74) is 3.08. The molecule has 0 unspecified atom stereocenters. The summed E-state index contributed by atoms with van der Waals surface area (Å²) in [5.74, 6) is 0. The summed E-state index contributed by atoms with van der Waals surface area (Å²) in [6, 6.07) is 10.4. The maximum atomic E-state index is 11.3. The van der Waals surface area contributed by atoms with E-state index in [9.17, 15) is 14.9 Å². The maximum absolute atomic E-state index is 11.3. The van der Waals surface area contributed by atoms with Gasteiger partial charge in [-0.25, -0.2) is 0 Å². The number of anilines is 2. The van der Waals surface area contributed by atoms with Crippen LogP contribution < -0.4 is 9.80 Å². The smallest absolute Gasteiger partial charge is 0.293 e. The standard InChI is InChI=1S/C18H18ClN3O3/c1-13-2-4-15(19)11-17(13)21-8-6-20(7-9-21)16-5-3-14(12-23)10-18(16)22(24)25/h2-5,10-12H,6-9H2,1H3. The van der Waals surface area contributed by atoms with Crippen LogP contribution in [-0.2, 0) is 0 Å². The molecule has 0 amide bonds. The Labute approximate surface area is 150 Å². The zero-order chi connectivity index (χ0) is 18.0. The molecule has 0 spiro atoms. The summed E-state index contributed by atoms with van der Waals surface area (Å²) < 4.78 is 0. The average Bonchev–Trinajstić information content (AvgIpc) is 2.63. The molecule has 130 valence electrons. The number of nitro groups is 1. The number of rotatable bonds is 4. The van der Waals surface area contributed by atoms with Gasteiger partial charge < -0.3 is 9.80 Å². The van der Waals surface area contributed by atoms with Crippen molar-refractivity contribution in [2.45, 2.75) is 6.92 Å². The summed E-state index contributed by atoms with van der Waals surface area (Å²) in [6.07, 6.45) is 0.622. The number of aryl methyl sites for hydroxylation is 1. The number of nitrogens with zero attached hydrogens (tertiary/aromatic N) is 3. The Hall–Kier alpha value is -2.60. The highest BCUT2D eigenvalue weighted by molar-refractivity contribution is 6.30. The molecule has 2 aromatic carbocycles. The predicted octanol–water partition coefficient (Wildman–Crippen LogP) is 3.70. The summed E-state index contributed by atoms with van der Waals surface area (Å²) in [5, 5.41) is 12.0. The van der Waals surface area contributed by atoms with Crippen LogP contribution >= 0.6 is 11.6 Å². The quantitative estimate of drug-likeness (QED) is 0.473. The number of carbonyl (C=O) groups excluding carboxylic acids is 1. The van der Waals surface area contributed by atoms with Gasteiger partial charge in [-0.05, 0) is 36.8 Å². The number of carbonyl (C=O) groups is 1. The van der Waals surface area contributed by atoms with Crippen molar-refractivity contribution in [1.29, 1.82) is 0 Å². The normalized spacial score (nSPS) is 14.5. The van der Waals surface area contributed by atoms with Crippen LogP contribution in [0.15, 0.2) is 36.4 Å². The van der Waals surface area contributed by atoms with Crippen molar-refractivity contribution in [1.82, 2.24) is 0 Å². The molecule has 3 rings (SSSR count). The molecule has 2 aromatic rings. The Balaban J connectivity index is 1.80. The maximum Gasteiger partial charge on any atom is 0.293 e. The van der Waals surface area contributed by atoms with E-state index in [0.29, 0.717) is 35.6 Å². The number of hydrogen-bond donors (Lipinski definition) is 0. The fourth-order valence-electron chi connectivity index (χ4n) is 3.14. The highest BCUT2D eigenvalue weighted by Crippen LogP contribution is 2.31. The van der Waals surface area contributed by atoms with Crippen molar-refractivity contribution in [3.8, 4) is 0 Å². The first-order valence-corrected chi connectivity index (χ1v) is 8.37. The average molecular weight is 360 g/mol. The van der Waals surface area contributed by atoms with E-state index in [-0.39, 0.29) is 5.69 Å². The second-order valence-electron chi connectivity index (χ2n) is 6.03. The number of benzene rings is 2. The van der Waals surface area contributed by atoms with Crippen molar-refractivity contribution in [3.63, 3.8) is 0 Å². The van der Waals surface area contributed by atoms with Crippen LogP contribution in [0, 0.1) is 17.0 Å². The zero-order valence-electron chi connectivity index (χ0n) is 13.8. The first-order chi connectivity index (χ1) is 12.0. The molecule has 1 aliphatic heterocycles. The third kappa shape index (κ3) is 3.58. The van der Waals surface area contributed by atoms with Gasteiger partial charge in [-0.15, -0.1) is 0 Å². The van der Waals surface area contributed by atoms with Crippen LogP contribution in [-0.4, -0.2) is 37.4 Å². The molecule has 0 aliphatic carbocycles. The lowest BCUT2D eigenvalue weighted by Crippen LogP contribution is -2.47. The number of hydrogen-bond acceptors (Lipinski definition) is 5. The minimum atomic E-state index is -0.435. The molecular formula is C18H18ClN3O3. The van der Waals surface area contributed by atoms with E-state index in [1.807, 2.05) is 30.0 Å². The van der Waals surface area contributed by atoms with E-state index in [4.69, 9.17) is 11.6 Å². The molecule has 1 heterocycles. The minimum absolute atomic E-state index is 0.0306. The second-order valence-corrected chi connectivity index (χ2v) is 6.46. The van der Waals surface area contributed by atoms with Crippen molar-refractivity contribution in [2.75, 3.05) is 36.0 Å². The number of nitro benzene ring substituents is 1. The molecule has 25 heavy (non-hydrogen) atoms. The SMILES string of the molecule is Cc1ccc(Cl)cc1N1CCN(c2ccc(C=O)cc2[N+](=O)[O-])CC1. The summed E-state index contributed by atoms with van der Waals surface area (Å²) in [6.45, 7) is 4.85. The van der Waals surface area contributed by atoms with Crippen LogP contribution in [0.5, 0.6) is 0 Å². The first-order valence-electron chi connectivity index (χ1n) is 7.99. The Kier molecular flexibility index (Phi) is 4.90. The van der Waals surface area contributed by atoms with Gasteiger partial charge in [0.15, 0.2) is 0 Å². The van der Waals surface area contributed by atoms with Crippen molar-refractivity contribution >= 4 is 34.9 Å². The highest BCUT2D eigenvalue weighted by atomic mass is 35.5. The Morgan fingerprint density at radius 1 is 1.04 bits per heavy atom. The molecule has 1 fully saturated rings. The highest BCUT2D eigenvalue weighted by Gasteiger charge is 2.24. The van der Waals surface area contributed by atoms with E-state index < -0.39 is 4.92 Å². The molecule has 0 N–H and O–H groups in total. The lowest BCUT2D eigenvalue weighted by Gasteiger charge is -2.37. The van der Waals surface area contributed by atoms with Gasteiger partial charge in [-0.3, -0.25) is 14.9 Å². The molecule has 0 radical (unpaired) electrons. The van der Waals surface area contributed by atoms with Gasteiger partial charge in [0.1, 0.15) is 12.0 Å². The number of aldehydes is 1. The van der Waals surface area contributed by atoms with E-state index in [2.05, 4.69) is 4.90 Å². The molecule has 0 aromatic heterocycles. The van der Waals surface area contributed by atoms with Gasteiger partial charge in [0.2, 0.25) is 0 Å². The zero-order valence-corrected chi connectivity index (χ0v) is 14.6. The molecule has 1 aliphatic rings. The largest absolute Gasteiger partial charge is 0.368 e. The van der Waals surface area contributed by atoms with Crippen molar-refractivity contribution in [2.24, 2.45) is 0 Å². The molecular weight excluding hydrogens is 342 g/mol. The van der Waals surface area contributed by atoms with E-state index in [1.54, 1.807) is 12.1 Å². The molecule has 7 heteroatoms. The van der Waals surface area contributed by atoms with E-state index >= 15 is 0 Å². The van der Waals surface area contributed by atoms with Gasteiger partial charge in [-0.2, -0.15) is 0 Å². The fourth-order valence-corrected chi connectivity index (χ4v) is 3.31. The van der Waals surface area contributed by atoms with E-state index in [1.165, 1.54) is 6.07 Å². The first kappa shape index (κ1) is 17.2. The second kappa shape index (κ2) is 7.11. The Morgan fingerprint density at radius 3 is 2.28 bits per heavy atom. The van der Waals surface area contributed by atoms with Crippen LogP contribution in [0.4, 0.5) is 17.1 Å². The molecule has 1 saturated heterocycles. The Bertz CT molecular complexity index is 817. The van der Waals surface area contributed by atoms with Gasteiger partial charge in [0, 0.05) is 48.5 Å². The summed E-state index contributed by atoms with van der Waals surface area (Å²) in [7, 11) is 0. The predicted molar refractivity (Wildman–Crippen MR) is 99.1 cm³/mol. The van der Waals surface area contributed by atoms with Crippen LogP contribution in [0.3, 0.4) is 0 Å². The van der Waals surface area contributed by atoms with Gasteiger partial charge in [0.25, 0.3) is 5.69 Å². The van der Waals surface area contributed by atoms with Crippen molar-refractivity contribution < 1.29 is 9.72 Å². The number of piperazine rings is 1. The molecule has 0 saturated carbocycles. The third-order valence-corrected chi connectivity index (χ3v) is 4.70. The van der Waals surface area contributed by atoms with Crippen LogP contribution in [0.2, 0.25) is 5.02 Å². The van der Waals surface area contributed by atoms with E-state index in [0.717, 1.165) is 24.3 Å². The van der Waals surface area contributed by atoms with Crippen LogP contribution in [0.1, 0.15) is 15.9 Å². The fraction of sp³-hybridized carbons (Fsp3) is 0.278. The minimum Gasteiger partial charge on any atom is -0.368 e. The Morgan fingerprint density at radius 2 is 1.68 bits per heavy atom. The van der Waals surface area contributed by atoms with Gasteiger partial charge in [0.05, 0.1) is 4.92 Å². The topological polar surface area (TPSA) is 66.7 Å². The molecule has 0 bridgehead atoms. The van der Waals surface area contributed by atoms with Crippen molar-refractivity contribution in [3.05, 3.63) is 62.7 Å². The molecule has 0 atom stereocenters. The lowest BCUT2D eigenvalue weighted by molar-refractivity contribution is -0.384. The monoisotopic (exact) mass is 359 g/mol. The summed E-state index contributed by atoms with van der Waals surface area (Å²) >= 11 is 6.10. The molecule has 6 nitrogen and oxygen atoms in total.